The molecule has 72 valence electrons. The molecule has 13 heavy (non-hydrogen) atoms. The van der Waals surface area contributed by atoms with Gasteiger partial charge in [-0.2, -0.15) is 0 Å². The van der Waals surface area contributed by atoms with E-state index < -0.39 is 10.8 Å². The molecule has 3 nitrogen and oxygen atoms in total. The molecular formula is C8H10BrNO2S. The van der Waals surface area contributed by atoms with Gasteiger partial charge in [0.15, 0.2) is 0 Å². The highest BCUT2D eigenvalue weighted by Crippen LogP contribution is 2.21. The molecule has 0 amide bonds. The molecule has 0 bridgehead atoms. The van der Waals surface area contributed by atoms with Crippen LogP contribution in [0.3, 0.4) is 0 Å². The molecule has 5 heteroatoms. The summed E-state index contributed by atoms with van der Waals surface area (Å²) in [6, 6.07) is 5.19. The fraction of sp³-hybridized carbons (Fsp3) is 0.250. The van der Waals surface area contributed by atoms with Crippen LogP contribution in [-0.2, 0) is 10.8 Å². The number of halogens is 1. The first-order valence-electron chi connectivity index (χ1n) is 3.69. The third-order valence-corrected chi connectivity index (χ3v) is 3.39. The van der Waals surface area contributed by atoms with Gasteiger partial charge in [0, 0.05) is 10.2 Å². The van der Waals surface area contributed by atoms with Gasteiger partial charge >= 0.3 is 0 Å². The van der Waals surface area contributed by atoms with Gasteiger partial charge in [0.25, 0.3) is 0 Å². The molecule has 0 aromatic heterocycles. The van der Waals surface area contributed by atoms with Crippen molar-refractivity contribution in [2.24, 2.45) is 0 Å². The highest BCUT2D eigenvalue weighted by Gasteiger charge is 2.07. The van der Waals surface area contributed by atoms with Crippen LogP contribution in [-0.4, -0.2) is 21.7 Å². The minimum atomic E-state index is -1.21. The smallest absolute Gasteiger partial charge is 0.0629 e. The number of nitrogen functional groups attached to an aromatic ring is 1. The van der Waals surface area contributed by atoms with Crippen LogP contribution in [0.1, 0.15) is 0 Å². The Labute approximate surface area is 87.5 Å². The van der Waals surface area contributed by atoms with Gasteiger partial charge < -0.3 is 10.8 Å². The predicted molar refractivity (Wildman–Crippen MR) is 56.9 cm³/mol. The van der Waals surface area contributed by atoms with Gasteiger partial charge in [0.1, 0.15) is 0 Å². The first kappa shape index (κ1) is 10.7. The summed E-state index contributed by atoms with van der Waals surface area (Å²) in [6.07, 6.45) is 0. The fourth-order valence-electron chi connectivity index (χ4n) is 0.898. The summed E-state index contributed by atoms with van der Waals surface area (Å²) >= 11 is 3.26. The molecular weight excluding hydrogens is 254 g/mol. The second-order valence-electron chi connectivity index (χ2n) is 2.46. The molecule has 0 radical (unpaired) electrons. The monoisotopic (exact) mass is 263 g/mol. The van der Waals surface area contributed by atoms with E-state index >= 15 is 0 Å². The largest absolute Gasteiger partial charge is 0.398 e. The summed E-state index contributed by atoms with van der Waals surface area (Å²) in [4.78, 5) is 0.573. The van der Waals surface area contributed by atoms with Crippen molar-refractivity contribution in [3.8, 4) is 0 Å². The van der Waals surface area contributed by atoms with Crippen LogP contribution >= 0.6 is 15.9 Å². The third-order valence-electron chi connectivity index (χ3n) is 1.50. The van der Waals surface area contributed by atoms with Crippen molar-refractivity contribution in [1.29, 1.82) is 0 Å². The Balaban J connectivity index is 2.99. The lowest BCUT2D eigenvalue weighted by atomic mass is 10.3. The molecule has 0 aliphatic carbocycles. The van der Waals surface area contributed by atoms with Gasteiger partial charge in [-0.3, -0.25) is 4.21 Å². The molecule has 0 fully saturated rings. The summed E-state index contributed by atoms with van der Waals surface area (Å²) < 4.78 is 12.3. The van der Waals surface area contributed by atoms with Crippen LogP contribution in [0, 0.1) is 0 Å². The van der Waals surface area contributed by atoms with Crippen molar-refractivity contribution in [1.82, 2.24) is 0 Å². The lowest BCUT2D eigenvalue weighted by molar-refractivity contribution is 0.321. The second-order valence-corrected chi connectivity index (χ2v) is 4.91. The maximum absolute atomic E-state index is 11.5. The average molecular weight is 264 g/mol. The Morgan fingerprint density at radius 3 is 2.85 bits per heavy atom. The fourth-order valence-corrected chi connectivity index (χ4v) is 2.39. The molecule has 0 spiro atoms. The van der Waals surface area contributed by atoms with Crippen LogP contribution < -0.4 is 5.73 Å². The number of aliphatic hydroxyl groups is 1. The molecule has 1 rings (SSSR count). The number of anilines is 1. The molecule has 1 aromatic rings. The Hall–Kier alpha value is -0.390. The van der Waals surface area contributed by atoms with Gasteiger partial charge in [-0.05, 0) is 18.2 Å². The standard InChI is InChI=1S/C8H10BrNO2S/c9-6-1-2-7(10)8(5-6)13(12)4-3-11/h1-2,5,11H,3-4,10H2. The zero-order valence-electron chi connectivity index (χ0n) is 6.87. The Kier molecular flexibility index (Phi) is 3.90. The first-order chi connectivity index (χ1) is 6.15. The average Bonchev–Trinajstić information content (AvgIpc) is 2.09. The van der Waals surface area contributed by atoms with E-state index in [1.807, 2.05) is 0 Å². The normalized spacial score (nSPS) is 12.8. The van der Waals surface area contributed by atoms with Crippen molar-refractivity contribution in [3.63, 3.8) is 0 Å². The quantitative estimate of drug-likeness (QED) is 0.804. The third kappa shape index (κ3) is 2.79. The molecule has 0 heterocycles. The lowest BCUT2D eigenvalue weighted by Crippen LogP contribution is -2.04. The first-order valence-corrected chi connectivity index (χ1v) is 5.80. The van der Waals surface area contributed by atoms with E-state index in [9.17, 15) is 4.21 Å². The molecule has 0 aliphatic heterocycles. The summed E-state index contributed by atoms with van der Waals surface area (Å²) in [7, 11) is -1.21. The molecule has 0 aliphatic rings. The van der Waals surface area contributed by atoms with Crippen molar-refractivity contribution < 1.29 is 9.32 Å². The molecule has 3 N–H and O–H groups in total. The highest BCUT2D eigenvalue weighted by molar-refractivity contribution is 9.10. The molecule has 0 saturated heterocycles. The van der Waals surface area contributed by atoms with E-state index in [2.05, 4.69) is 15.9 Å². The predicted octanol–water partition coefficient (Wildman–Crippen LogP) is 1.13. The van der Waals surface area contributed by atoms with Crippen molar-refractivity contribution in [2.75, 3.05) is 18.1 Å². The number of hydrogen-bond donors (Lipinski definition) is 2. The van der Waals surface area contributed by atoms with Gasteiger partial charge in [0.2, 0.25) is 0 Å². The lowest BCUT2D eigenvalue weighted by Gasteiger charge is -2.04. The van der Waals surface area contributed by atoms with E-state index in [0.29, 0.717) is 10.6 Å². The van der Waals surface area contributed by atoms with E-state index in [4.69, 9.17) is 10.8 Å². The Morgan fingerprint density at radius 1 is 1.54 bits per heavy atom. The van der Waals surface area contributed by atoms with Crippen molar-refractivity contribution in [2.45, 2.75) is 4.90 Å². The van der Waals surface area contributed by atoms with Crippen LogP contribution in [0.2, 0.25) is 0 Å². The van der Waals surface area contributed by atoms with E-state index in [0.717, 1.165) is 4.47 Å². The minimum Gasteiger partial charge on any atom is -0.398 e. The topological polar surface area (TPSA) is 63.3 Å². The van der Waals surface area contributed by atoms with Crippen molar-refractivity contribution in [3.05, 3.63) is 22.7 Å². The maximum Gasteiger partial charge on any atom is 0.0629 e. The van der Waals surface area contributed by atoms with Gasteiger partial charge in [-0.1, -0.05) is 15.9 Å². The van der Waals surface area contributed by atoms with Crippen molar-refractivity contribution >= 4 is 32.4 Å². The Bertz CT molecular complexity index is 330. The van der Waals surface area contributed by atoms with Gasteiger partial charge in [0.05, 0.1) is 28.1 Å². The number of hydrogen-bond acceptors (Lipinski definition) is 3. The zero-order valence-corrected chi connectivity index (χ0v) is 9.27. The van der Waals surface area contributed by atoms with E-state index in [-0.39, 0.29) is 12.4 Å². The van der Waals surface area contributed by atoms with Crippen LogP contribution in [0.15, 0.2) is 27.6 Å². The zero-order chi connectivity index (χ0) is 9.84. The highest BCUT2D eigenvalue weighted by atomic mass is 79.9. The van der Waals surface area contributed by atoms with E-state index in [1.54, 1.807) is 18.2 Å². The number of rotatable bonds is 3. The van der Waals surface area contributed by atoms with Gasteiger partial charge in [-0.15, -0.1) is 0 Å². The van der Waals surface area contributed by atoms with Crippen LogP contribution in [0.4, 0.5) is 5.69 Å². The summed E-state index contributed by atoms with van der Waals surface area (Å²) in [5, 5.41) is 8.61. The summed E-state index contributed by atoms with van der Waals surface area (Å²) in [5.41, 5.74) is 6.12. The van der Waals surface area contributed by atoms with E-state index in [1.165, 1.54) is 0 Å². The minimum absolute atomic E-state index is 0.0986. The SMILES string of the molecule is Nc1ccc(Br)cc1S(=O)CCO. The molecule has 0 saturated carbocycles. The molecule has 1 unspecified atom stereocenters. The second kappa shape index (κ2) is 4.74. The van der Waals surface area contributed by atoms with Gasteiger partial charge in [-0.25, -0.2) is 0 Å². The summed E-state index contributed by atoms with van der Waals surface area (Å²) in [6.45, 7) is -0.0986. The van der Waals surface area contributed by atoms with Crippen LogP contribution in [0.5, 0.6) is 0 Å². The maximum atomic E-state index is 11.5. The van der Waals surface area contributed by atoms with Crippen LogP contribution in [0.25, 0.3) is 0 Å². The number of benzene rings is 1. The number of aliphatic hydroxyl groups excluding tert-OH is 1. The molecule has 1 atom stereocenters. The summed E-state index contributed by atoms with van der Waals surface area (Å²) in [5.74, 6) is 0.223. The number of nitrogens with two attached hydrogens (primary N) is 1. The molecule has 1 aromatic carbocycles. The Morgan fingerprint density at radius 2 is 2.23 bits per heavy atom.